The summed E-state index contributed by atoms with van der Waals surface area (Å²) < 4.78 is 0. The Morgan fingerprint density at radius 2 is 2.14 bits per heavy atom. The minimum Gasteiger partial charge on any atom is -0.0656 e. The SMILES string of the molecule is CCC(C)CC[SiH3]. The molecule has 0 fully saturated rings. The van der Waals surface area contributed by atoms with Crippen LogP contribution in [0.1, 0.15) is 26.7 Å². The lowest BCUT2D eigenvalue weighted by Crippen LogP contribution is -1.89. The van der Waals surface area contributed by atoms with Gasteiger partial charge < -0.3 is 0 Å². The van der Waals surface area contributed by atoms with Gasteiger partial charge in [-0.2, -0.15) is 0 Å². The summed E-state index contributed by atoms with van der Waals surface area (Å²) in [6, 6.07) is 1.48. The van der Waals surface area contributed by atoms with Crippen LogP contribution in [0.2, 0.25) is 6.04 Å². The van der Waals surface area contributed by atoms with Gasteiger partial charge in [-0.3, -0.25) is 0 Å². The van der Waals surface area contributed by atoms with Crippen LogP contribution in [-0.4, -0.2) is 10.2 Å². The fourth-order valence-electron chi connectivity index (χ4n) is 0.697. The predicted molar refractivity (Wildman–Crippen MR) is 38.8 cm³/mol. The Labute approximate surface area is 49.7 Å². The fraction of sp³-hybridized carbons (Fsp3) is 1.00. The molecule has 0 aromatic rings. The van der Waals surface area contributed by atoms with Gasteiger partial charge in [0, 0.05) is 10.2 Å². The summed E-state index contributed by atoms with van der Waals surface area (Å²) in [7, 11) is 1.39. The van der Waals surface area contributed by atoms with Gasteiger partial charge in [-0.15, -0.1) is 0 Å². The Bertz CT molecular complexity index is 35.2. The van der Waals surface area contributed by atoms with E-state index in [0.29, 0.717) is 0 Å². The van der Waals surface area contributed by atoms with Crippen LogP contribution in [0.5, 0.6) is 0 Å². The van der Waals surface area contributed by atoms with Gasteiger partial charge in [0.25, 0.3) is 0 Å². The van der Waals surface area contributed by atoms with Crippen molar-refractivity contribution in [3.63, 3.8) is 0 Å². The van der Waals surface area contributed by atoms with E-state index in [1.165, 1.54) is 29.1 Å². The highest BCUT2D eigenvalue weighted by Crippen LogP contribution is 2.06. The van der Waals surface area contributed by atoms with E-state index in [1.807, 2.05) is 0 Å². The highest BCUT2D eigenvalue weighted by atomic mass is 28.1. The molecule has 44 valence electrons. The molecular weight excluding hydrogens is 100 g/mol. The van der Waals surface area contributed by atoms with Crippen LogP contribution in [0.3, 0.4) is 0 Å². The average molecular weight is 116 g/mol. The summed E-state index contributed by atoms with van der Waals surface area (Å²) in [4.78, 5) is 0. The lowest BCUT2D eigenvalue weighted by Gasteiger charge is -2.02. The van der Waals surface area contributed by atoms with Gasteiger partial charge in [-0.1, -0.05) is 32.7 Å². The predicted octanol–water partition coefficient (Wildman–Crippen LogP) is 1.21. The zero-order valence-corrected chi connectivity index (χ0v) is 7.70. The summed E-state index contributed by atoms with van der Waals surface area (Å²) in [5.41, 5.74) is 0. The van der Waals surface area contributed by atoms with E-state index in [0.717, 1.165) is 5.92 Å². The Balaban J connectivity index is 2.83. The molecule has 0 aliphatic heterocycles. The van der Waals surface area contributed by atoms with E-state index < -0.39 is 0 Å². The smallest absolute Gasteiger partial charge is 0.00281 e. The molecule has 0 saturated heterocycles. The van der Waals surface area contributed by atoms with E-state index in [4.69, 9.17) is 0 Å². The van der Waals surface area contributed by atoms with Gasteiger partial charge in [-0.05, 0) is 5.92 Å². The van der Waals surface area contributed by atoms with Crippen molar-refractivity contribution in [2.24, 2.45) is 5.92 Å². The maximum Gasteiger partial charge on any atom is 0.00281 e. The first-order valence-electron chi connectivity index (χ1n) is 3.31. The lowest BCUT2D eigenvalue weighted by atomic mass is 10.1. The molecule has 0 amide bonds. The van der Waals surface area contributed by atoms with Crippen molar-refractivity contribution in [2.45, 2.75) is 32.7 Å². The molecule has 0 aromatic carbocycles. The van der Waals surface area contributed by atoms with Crippen LogP contribution in [0.25, 0.3) is 0 Å². The van der Waals surface area contributed by atoms with Crippen LogP contribution in [-0.2, 0) is 0 Å². The molecule has 0 rings (SSSR count). The van der Waals surface area contributed by atoms with Gasteiger partial charge in [0.1, 0.15) is 0 Å². The highest BCUT2D eigenvalue weighted by molar-refractivity contribution is 6.08. The van der Waals surface area contributed by atoms with Crippen molar-refractivity contribution in [3.8, 4) is 0 Å². The minimum atomic E-state index is 0.984. The first-order valence-corrected chi connectivity index (χ1v) is 4.72. The van der Waals surface area contributed by atoms with Crippen LogP contribution < -0.4 is 0 Å². The highest BCUT2D eigenvalue weighted by Gasteiger charge is 1.92. The molecule has 1 atom stereocenters. The third kappa shape index (κ3) is 4.06. The quantitative estimate of drug-likeness (QED) is 0.486. The molecule has 0 N–H and O–H groups in total. The summed E-state index contributed by atoms with van der Waals surface area (Å²) >= 11 is 0. The third-order valence-corrected chi connectivity index (χ3v) is 2.06. The molecule has 0 saturated carbocycles. The topological polar surface area (TPSA) is 0 Å². The van der Waals surface area contributed by atoms with E-state index in [9.17, 15) is 0 Å². The van der Waals surface area contributed by atoms with E-state index >= 15 is 0 Å². The van der Waals surface area contributed by atoms with Crippen molar-refractivity contribution in [1.82, 2.24) is 0 Å². The summed E-state index contributed by atoms with van der Waals surface area (Å²) in [6.07, 6.45) is 2.82. The Kier molecular flexibility index (Phi) is 4.51. The normalized spacial score (nSPS) is 14.6. The van der Waals surface area contributed by atoms with E-state index in [2.05, 4.69) is 13.8 Å². The Morgan fingerprint density at radius 3 is 2.29 bits per heavy atom. The fourth-order valence-corrected chi connectivity index (χ4v) is 1.68. The monoisotopic (exact) mass is 116 g/mol. The van der Waals surface area contributed by atoms with Crippen molar-refractivity contribution in [2.75, 3.05) is 0 Å². The second kappa shape index (κ2) is 4.38. The second-order valence-corrected chi connectivity index (χ2v) is 3.30. The average Bonchev–Trinajstić information content (AvgIpc) is 1.68. The molecule has 1 heteroatoms. The van der Waals surface area contributed by atoms with E-state index in [1.54, 1.807) is 0 Å². The zero-order chi connectivity index (χ0) is 5.70. The summed E-state index contributed by atoms with van der Waals surface area (Å²) in [5, 5.41) is 0. The lowest BCUT2D eigenvalue weighted by molar-refractivity contribution is 0.544. The minimum absolute atomic E-state index is 0.984. The van der Waals surface area contributed by atoms with Crippen LogP contribution in [0.15, 0.2) is 0 Å². The maximum atomic E-state index is 2.33. The van der Waals surface area contributed by atoms with Crippen LogP contribution in [0.4, 0.5) is 0 Å². The standard InChI is InChI=1S/C6H16Si/c1-3-6(2)4-5-7/h6H,3-5H2,1-2,7H3. The molecule has 0 bridgehead atoms. The van der Waals surface area contributed by atoms with Crippen LogP contribution in [0, 0.1) is 5.92 Å². The molecule has 0 heterocycles. The first-order chi connectivity index (χ1) is 3.31. The Morgan fingerprint density at radius 1 is 1.57 bits per heavy atom. The van der Waals surface area contributed by atoms with Gasteiger partial charge in [-0.25, -0.2) is 0 Å². The van der Waals surface area contributed by atoms with Crippen molar-refractivity contribution in [1.29, 1.82) is 0 Å². The molecule has 7 heavy (non-hydrogen) atoms. The molecule has 0 spiro atoms. The van der Waals surface area contributed by atoms with E-state index in [-0.39, 0.29) is 0 Å². The largest absolute Gasteiger partial charge is 0.0656 e. The second-order valence-electron chi connectivity index (χ2n) is 2.30. The molecule has 0 aliphatic rings. The van der Waals surface area contributed by atoms with Gasteiger partial charge in [0.15, 0.2) is 0 Å². The maximum absolute atomic E-state index is 2.33. The van der Waals surface area contributed by atoms with Crippen LogP contribution >= 0.6 is 0 Å². The molecule has 1 unspecified atom stereocenters. The number of rotatable bonds is 3. The third-order valence-electron chi connectivity index (χ3n) is 1.48. The summed E-state index contributed by atoms with van der Waals surface area (Å²) in [6.45, 7) is 4.60. The first kappa shape index (κ1) is 7.22. The molecule has 0 radical (unpaired) electrons. The van der Waals surface area contributed by atoms with Gasteiger partial charge in [0.05, 0.1) is 0 Å². The van der Waals surface area contributed by atoms with Gasteiger partial charge in [0.2, 0.25) is 0 Å². The van der Waals surface area contributed by atoms with Gasteiger partial charge >= 0.3 is 0 Å². The molecule has 0 aliphatic carbocycles. The molecular formula is C6H16Si. The molecule has 0 nitrogen and oxygen atoms in total. The molecule has 0 aromatic heterocycles. The zero-order valence-electron chi connectivity index (χ0n) is 5.70. The summed E-state index contributed by atoms with van der Waals surface area (Å²) in [5.74, 6) is 0.984. The number of hydrogen-bond acceptors (Lipinski definition) is 0. The van der Waals surface area contributed by atoms with Crippen molar-refractivity contribution < 1.29 is 0 Å². The van der Waals surface area contributed by atoms with Crippen molar-refractivity contribution in [3.05, 3.63) is 0 Å². The number of hydrogen-bond donors (Lipinski definition) is 0. The Hall–Kier alpha value is 0.217. The van der Waals surface area contributed by atoms with Crippen molar-refractivity contribution >= 4 is 10.2 Å².